The van der Waals surface area contributed by atoms with Gasteiger partial charge in [0.15, 0.2) is 0 Å². The van der Waals surface area contributed by atoms with Gasteiger partial charge in [0.25, 0.3) is 5.91 Å². The smallest absolute Gasteiger partial charge is 0.269 e. The average Bonchev–Trinajstić information content (AvgIpc) is 2.46. The lowest BCUT2D eigenvalue weighted by Gasteiger charge is -2.10. The quantitative estimate of drug-likeness (QED) is 0.910. The number of halogens is 1. The van der Waals surface area contributed by atoms with Crippen molar-refractivity contribution in [2.75, 3.05) is 7.05 Å². The van der Waals surface area contributed by atoms with Crippen LogP contribution in [0.2, 0.25) is 0 Å². The highest BCUT2D eigenvalue weighted by molar-refractivity contribution is 5.94. The summed E-state index contributed by atoms with van der Waals surface area (Å²) in [4.78, 5) is 15.8. The van der Waals surface area contributed by atoms with Gasteiger partial charge in [0.05, 0.1) is 11.3 Å². The topological polar surface area (TPSA) is 65.8 Å². The van der Waals surface area contributed by atoms with Crippen LogP contribution in [-0.2, 0) is 0 Å². The molecule has 20 heavy (non-hydrogen) atoms. The second-order valence-corrected chi connectivity index (χ2v) is 4.19. The van der Waals surface area contributed by atoms with Gasteiger partial charge in [-0.2, -0.15) is 5.26 Å². The number of hydrogen-bond donors (Lipinski definition) is 1. The van der Waals surface area contributed by atoms with Crippen LogP contribution in [0.3, 0.4) is 0 Å². The van der Waals surface area contributed by atoms with E-state index >= 15 is 0 Å². The molecular weight excluding hydrogens is 257 g/mol. The minimum atomic E-state index is -0.447. The molecule has 0 saturated heterocycles. The van der Waals surface area contributed by atoms with Crippen LogP contribution in [0.5, 0.6) is 0 Å². The van der Waals surface area contributed by atoms with Crippen LogP contribution < -0.4 is 5.32 Å². The SMILES string of the molecule is CNC(=O)c1cc(-c2ccccc2F)c(C#N)c(C)n1. The molecule has 1 aromatic carbocycles. The van der Waals surface area contributed by atoms with Crippen molar-refractivity contribution in [2.45, 2.75) is 6.92 Å². The van der Waals surface area contributed by atoms with Crippen LogP contribution in [0.4, 0.5) is 4.39 Å². The predicted octanol–water partition coefficient (Wildman–Crippen LogP) is 2.43. The van der Waals surface area contributed by atoms with E-state index in [9.17, 15) is 14.4 Å². The summed E-state index contributed by atoms with van der Waals surface area (Å²) in [5.41, 5.74) is 1.47. The molecule has 0 fully saturated rings. The first-order chi connectivity index (χ1) is 9.58. The number of benzene rings is 1. The van der Waals surface area contributed by atoms with E-state index in [1.165, 1.54) is 19.2 Å². The van der Waals surface area contributed by atoms with Crippen LogP contribution in [0.15, 0.2) is 30.3 Å². The van der Waals surface area contributed by atoms with Crippen molar-refractivity contribution < 1.29 is 9.18 Å². The first-order valence-electron chi connectivity index (χ1n) is 5.97. The summed E-state index contributed by atoms with van der Waals surface area (Å²) in [6, 6.07) is 9.57. The molecule has 0 bridgehead atoms. The molecule has 0 radical (unpaired) electrons. The highest BCUT2D eigenvalue weighted by Gasteiger charge is 2.16. The number of nitriles is 1. The molecule has 2 aromatic rings. The van der Waals surface area contributed by atoms with E-state index in [1.807, 2.05) is 6.07 Å². The van der Waals surface area contributed by atoms with Gasteiger partial charge in [0, 0.05) is 18.2 Å². The third kappa shape index (κ3) is 2.36. The van der Waals surface area contributed by atoms with Crippen LogP contribution in [0.25, 0.3) is 11.1 Å². The molecule has 0 saturated carbocycles. The number of rotatable bonds is 2. The Morgan fingerprint density at radius 1 is 1.35 bits per heavy atom. The van der Waals surface area contributed by atoms with Gasteiger partial charge in [-0.15, -0.1) is 0 Å². The number of nitrogens with zero attached hydrogens (tertiary/aromatic N) is 2. The van der Waals surface area contributed by atoms with Gasteiger partial charge in [-0.1, -0.05) is 18.2 Å². The largest absolute Gasteiger partial charge is 0.354 e. The number of aromatic nitrogens is 1. The Balaban J connectivity index is 2.74. The van der Waals surface area contributed by atoms with Gasteiger partial charge < -0.3 is 5.32 Å². The Hall–Kier alpha value is -2.74. The molecule has 0 atom stereocenters. The Kier molecular flexibility index (Phi) is 3.76. The summed E-state index contributed by atoms with van der Waals surface area (Å²) < 4.78 is 13.9. The highest BCUT2D eigenvalue weighted by atomic mass is 19.1. The van der Waals surface area contributed by atoms with Crippen LogP contribution in [0, 0.1) is 24.1 Å². The van der Waals surface area contributed by atoms with Gasteiger partial charge in [-0.25, -0.2) is 9.37 Å². The summed E-state index contributed by atoms with van der Waals surface area (Å²) in [7, 11) is 1.49. The number of carbonyl (C=O) groups is 1. The van der Waals surface area contributed by atoms with Gasteiger partial charge >= 0.3 is 0 Å². The molecule has 1 amide bonds. The fourth-order valence-corrected chi connectivity index (χ4v) is 1.95. The summed E-state index contributed by atoms with van der Waals surface area (Å²) in [5, 5.41) is 11.7. The lowest BCUT2D eigenvalue weighted by molar-refractivity contribution is 0.0958. The number of hydrogen-bond acceptors (Lipinski definition) is 3. The van der Waals surface area contributed by atoms with Crippen LogP contribution in [-0.4, -0.2) is 17.9 Å². The molecule has 0 aliphatic carbocycles. The lowest BCUT2D eigenvalue weighted by Crippen LogP contribution is -2.20. The van der Waals surface area contributed by atoms with E-state index in [0.29, 0.717) is 11.3 Å². The maximum absolute atomic E-state index is 13.9. The standard InChI is InChI=1S/C15H12FN3O/c1-9-12(8-17)11(7-14(19-9)15(20)18-2)10-5-3-4-6-13(10)16/h3-7H,1-2H3,(H,18,20). The third-order valence-corrected chi connectivity index (χ3v) is 2.94. The van der Waals surface area contributed by atoms with Gasteiger partial charge in [-0.3, -0.25) is 4.79 Å². The minimum absolute atomic E-state index is 0.155. The Labute approximate surface area is 115 Å². The second kappa shape index (κ2) is 5.49. The summed E-state index contributed by atoms with van der Waals surface area (Å²) in [6.07, 6.45) is 0. The zero-order valence-corrected chi connectivity index (χ0v) is 11.1. The summed E-state index contributed by atoms with van der Waals surface area (Å²) in [6.45, 7) is 1.62. The minimum Gasteiger partial charge on any atom is -0.354 e. The maximum atomic E-state index is 13.9. The summed E-state index contributed by atoms with van der Waals surface area (Å²) >= 11 is 0. The van der Waals surface area contributed by atoms with Crippen molar-refractivity contribution in [1.82, 2.24) is 10.3 Å². The van der Waals surface area contributed by atoms with E-state index < -0.39 is 5.82 Å². The fourth-order valence-electron chi connectivity index (χ4n) is 1.95. The van der Waals surface area contributed by atoms with Crippen LogP contribution >= 0.6 is 0 Å². The van der Waals surface area contributed by atoms with E-state index in [-0.39, 0.29) is 22.7 Å². The molecule has 0 aliphatic rings. The van der Waals surface area contributed by atoms with Gasteiger partial charge in [-0.05, 0) is 19.1 Å². The maximum Gasteiger partial charge on any atom is 0.269 e. The van der Waals surface area contributed by atoms with Gasteiger partial charge in [0.1, 0.15) is 17.6 Å². The number of pyridine rings is 1. The van der Waals surface area contributed by atoms with E-state index in [0.717, 1.165) is 0 Å². The molecular formula is C15H12FN3O. The molecule has 0 aliphatic heterocycles. The van der Waals surface area contributed by atoms with E-state index in [4.69, 9.17) is 0 Å². The molecule has 1 aromatic heterocycles. The number of nitrogens with one attached hydrogen (secondary N) is 1. The van der Waals surface area contributed by atoms with Gasteiger partial charge in [0.2, 0.25) is 0 Å². The van der Waals surface area contributed by atoms with E-state index in [1.54, 1.807) is 25.1 Å². The van der Waals surface area contributed by atoms with E-state index in [2.05, 4.69) is 10.3 Å². The number of amides is 1. The first kappa shape index (κ1) is 13.7. The lowest BCUT2D eigenvalue weighted by atomic mass is 9.98. The van der Waals surface area contributed by atoms with Crippen molar-refractivity contribution in [3.63, 3.8) is 0 Å². The summed E-state index contributed by atoms with van der Waals surface area (Å²) in [5.74, 6) is -0.826. The molecule has 1 heterocycles. The monoisotopic (exact) mass is 269 g/mol. The van der Waals surface area contributed by atoms with Crippen molar-refractivity contribution >= 4 is 5.91 Å². The number of carbonyl (C=O) groups excluding carboxylic acids is 1. The predicted molar refractivity (Wildman–Crippen MR) is 72.5 cm³/mol. The Morgan fingerprint density at radius 2 is 2.05 bits per heavy atom. The molecule has 0 unspecified atom stereocenters. The first-order valence-corrected chi connectivity index (χ1v) is 5.97. The normalized spacial score (nSPS) is 9.90. The zero-order chi connectivity index (χ0) is 14.7. The molecule has 0 spiro atoms. The van der Waals surface area contributed by atoms with Crippen molar-refractivity contribution in [3.05, 3.63) is 53.1 Å². The average molecular weight is 269 g/mol. The second-order valence-electron chi connectivity index (χ2n) is 4.19. The molecule has 2 rings (SSSR count). The van der Waals surface area contributed by atoms with Crippen molar-refractivity contribution in [2.24, 2.45) is 0 Å². The molecule has 4 nitrogen and oxygen atoms in total. The molecule has 5 heteroatoms. The Morgan fingerprint density at radius 3 is 2.65 bits per heavy atom. The molecule has 1 N–H and O–H groups in total. The molecule has 100 valence electrons. The number of aryl methyl sites for hydroxylation is 1. The highest BCUT2D eigenvalue weighted by Crippen LogP contribution is 2.28. The van der Waals surface area contributed by atoms with Crippen LogP contribution in [0.1, 0.15) is 21.7 Å². The third-order valence-electron chi connectivity index (χ3n) is 2.94. The van der Waals surface area contributed by atoms with Crippen molar-refractivity contribution in [3.8, 4) is 17.2 Å². The Bertz CT molecular complexity index is 720. The zero-order valence-electron chi connectivity index (χ0n) is 11.1. The van der Waals surface area contributed by atoms with Crippen molar-refractivity contribution in [1.29, 1.82) is 5.26 Å². The fraction of sp³-hybridized carbons (Fsp3) is 0.133.